The predicted octanol–water partition coefficient (Wildman–Crippen LogP) is 2.46. The fourth-order valence-corrected chi connectivity index (χ4v) is 2.24. The molecule has 0 radical (unpaired) electrons. The molecular formula is C14H17FN2O3. The maximum atomic E-state index is 13.4. The lowest BCUT2D eigenvalue weighted by atomic mass is 9.99. The molecule has 2 N–H and O–H groups in total. The maximum absolute atomic E-state index is 13.4. The molecule has 1 fully saturated rings. The van der Waals surface area contributed by atoms with Gasteiger partial charge in [0, 0.05) is 18.8 Å². The zero-order valence-electron chi connectivity index (χ0n) is 11.2. The molecule has 2 rings (SSSR count). The number of carboxylic acid groups (broad SMARTS) is 1. The number of nitrogens with one attached hydrogen (secondary N) is 1. The molecule has 2 amide bonds. The van der Waals surface area contributed by atoms with E-state index < -0.39 is 11.9 Å². The average molecular weight is 280 g/mol. The number of benzene rings is 1. The number of piperidine rings is 1. The number of hydrogen-bond acceptors (Lipinski definition) is 2. The molecule has 1 aliphatic heterocycles. The van der Waals surface area contributed by atoms with E-state index in [4.69, 9.17) is 5.11 Å². The largest absolute Gasteiger partial charge is 0.481 e. The molecule has 108 valence electrons. The lowest BCUT2D eigenvalue weighted by Gasteiger charge is -2.30. The van der Waals surface area contributed by atoms with Crippen LogP contribution in [-0.2, 0) is 4.79 Å². The second kappa shape index (κ2) is 5.90. The number of amides is 2. The first-order chi connectivity index (χ1) is 9.47. The highest BCUT2D eigenvalue weighted by molar-refractivity contribution is 5.89. The van der Waals surface area contributed by atoms with Gasteiger partial charge in [0.1, 0.15) is 5.82 Å². The van der Waals surface area contributed by atoms with E-state index in [2.05, 4.69) is 5.32 Å². The molecule has 0 bridgehead atoms. The first-order valence-electron chi connectivity index (χ1n) is 6.52. The van der Waals surface area contributed by atoms with Crippen LogP contribution in [0.25, 0.3) is 0 Å². The molecule has 1 aliphatic rings. The molecule has 0 aliphatic carbocycles. The number of anilines is 1. The Morgan fingerprint density at radius 3 is 2.85 bits per heavy atom. The highest BCUT2D eigenvalue weighted by Gasteiger charge is 2.28. The molecule has 1 heterocycles. The van der Waals surface area contributed by atoms with Gasteiger partial charge in [0.2, 0.25) is 0 Å². The zero-order valence-corrected chi connectivity index (χ0v) is 11.2. The van der Waals surface area contributed by atoms with Gasteiger partial charge in [0.05, 0.1) is 5.92 Å². The summed E-state index contributed by atoms with van der Waals surface area (Å²) in [6.45, 7) is 2.35. The average Bonchev–Trinajstić information content (AvgIpc) is 2.43. The van der Waals surface area contributed by atoms with Crippen LogP contribution in [0.5, 0.6) is 0 Å². The quantitative estimate of drug-likeness (QED) is 0.874. The number of carboxylic acids is 1. The summed E-state index contributed by atoms with van der Waals surface area (Å²) in [4.78, 5) is 24.4. The van der Waals surface area contributed by atoms with Crippen molar-refractivity contribution in [3.63, 3.8) is 0 Å². The van der Waals surface area contributed by atoms with Crippen LogP contribution in [0.3, 0.4) is 0 Å². The van der Waals surface area contributed by atoms with Crippen molar-refractivity contribution >= 4 is 17.7 Å². The van der Waals surface area contributed by atoms with E-state index in [9.17, 15) is 14.0 Å². The Kier molecular flexibility index (Phi) is 4.22. The van der Waals surface area contributed by atoms with Gasteiger partial charge in [-0.1, -0.05) is 6.07 Å². The Hall–Kier alpha value is -2.11. The van der Waals surface area contributed by atoms with Crippen LogP contribution in [-0.4, -0.2) is 35.1 Å². The van der Waals surface area contributed by atoms with Crippen LogP contribution in [0.1, 0.15) is 18.4 Å². The monoisotopic (exact) mass is 280 g/mol. The third-order valence-corrected chi connectivity index (χ3v) is 3.48. The number of nitrogens with zero attached hydrogens (tertiary/aromatic N) is 1. The van der Waals surface area contributed by atoms with E-state index in [1.165, 1.54) is 11.0 Å². The minimum absolute atomic E-state index is 0.190. The summed E-state index contributed by atoms with van der Waals surface area (Å²) in [5, 5.41) is 11.6. The molecule has 0 aromatic heterocycles. The van der Waals surface area contributed by atoms with Gasteiger partial charge in [-0.15, -0.1) is 0 Å². The van der Waals surface area contributed by atoms with E-state index in [0.29, 0.717) is 30.6 Å². The van der Waals surface area contributed by atoms with Crippen LogP contribution in [0.15, 0.2) is 18.2 Å². The lowest BCUT2D eigenvalue weighted by molar-refractivity contribution is -0.143. The summed E-state index contributed by atoms with van der Waals surface area (Å²) in [6.07, 6.45) is 1.24. The molecule has 0 spiro atoms. The van der Waals surface area contributed by atoms with Crippen LogP contribution in [0.4, 0.5) is 14.9 Å². The van der Waals surface area contributed by atoms with E-state index in [0.717, 1.165) is 0 Å². The fraction of sp³-hybridized carbons (Fsp3) is 0.429. The highest BCUT2D eigenvalue weighted by Crippen LogP contribution is 2.19. The number of aryl methyl sites for hydroxylation is 1. The molecule has 1 atom stereocenters. The van der Waals surface area contributed by atoms with E-state index >= 15 is 0 Å². The van der Waals surface area contributed by atoms with Gasteiger partial charge in [0.15, 0.2) is 0 Å². The second-order valence-corrected chi connectivity index (χ2v) is 5.02. The highest BCUT2D eigenvalue weighted by atomic mass is 19.1. The van der Waals surface area contributed by atoms with Crippen molar-refractivity contribution in [2.75, 3.05) is 18.4 Å². The number of rotatable bonds is 2. The summed E-state index contributed by atoms with van der Waals surface area (Å²) >= 11 is 0. The van der Waals surface area contributed by atoms with Crippen LogP contribution in [0.2, 0.25) is 0 Å². The van der Waals surface area contributed by atoms with E-state index in [1.54, 1.807) is 19.1 Å². The third-order valence-electron chi connectivity index (χ3n) is 3.48. The first-order valence-corrected chi connectivity index (χ1v) is 6.52. The number of carbonyl (C=O) groups excluding carboxylic acids is 1. The Bertz CT molecular complexity index is 533. The van der Waals surface area contributed by atoms with E-state index in [-0.39, 0.29) is 18.4 Å². The van der Waals surface area contributed by atoms with Crippen LogP contribution in [0, 0.1) is 18.7 Å². The SMILES string of the molecule is Cc1ccc(NC(=O)N2CCC[C@@H](C(=O)O)C2)cc1F. The van der Waals surface area contributed by atoms with E-state index in [1.807, 2.05) is 0 Å². The van der Waals surface area contributed by atoms with Crippen molar-refractivity contribution in [2.24, 2.45) is 5.92 Å². The predicted molar refractivity (Wildman–Crippen MR) is 72.1 cm³/mol. The minimum Gasteiger partial charge on any atom is -0.481 e. The first kappa shape index (κ1) is 14.3. The Balaban J connectivity index is 2.00. The number of urea groups is 1. The topological polar surface area (TPSA) is 69.6 Å². The lowest BCUT2D eigenvalue weighted by Crippen LogP contribution is -2.44. The van der Waals surface area contributed by atoms with Gasteiger partial charge in [-0.2, -0.15) is 0 Å². The molecular weight excluding hydrogens is 263 g/mol. The molecule has 0 unspecified atom stereocenters. The van der Waals surface area contributed by atoms with Crippen molar-refractivity contribution < 1.29 is 19.1 Å². The summed E-state index contributed by atoms with van der Waals surface area (Å²) < 4.78 is 13.4. The second-order valence-electron chi connectivity index (χ2n) is 5.02. The van der Waals surface area contributed by atoms with Crippen molar-refractivity contribution in [3.05, 3.63) is 29.6 Å². The van der Waals surface area contributed by atoms with Crippen molar-refractivity contribution in [2.45, 2.75) is 19.8 Å². The van der Waals surface area contributed by atoms with Gasteiger partial charge in [0.25, 0.3) is 0 Å². The molecule has 5 nitrogen and oxygen atoms in total. The molecule has 20 heavy (non-hydrogen) atoms. The van der Waals surface area contributed by atoms with Crippen molar-refractivity contribution in [3.8, 4) is 0 Å². The summed E-state index contributed by atoms with van der Waals surface area (Å²) in [5.41, 5.74) is 0.877. The zero-order chi connectivity index (χ0) is 14.7. The Morgan fingerprint density at radius 1 is 1.45 bits per heavy atom. The van der Waals surface area contributed by atoms with Crippen molar-refractivity contribution in [1.29, 1.82) is 0 Å². The molecule has 1 saturated heterocycles. The molecule has 6 heteroatoms. The third kappa shape index (κ3) is 3.26. The maximum Gasteiger partial charge on any atom is 0.321 e. The minimum atomic E-state index is -0.885. The standard InChI is InChI=1S/C14H17FN2O3/c1-9-4-5-11(7-12(9)15)16-14(20)17-6-2-3-10(8-17)13(18)19/h4-5,7,10H,2-3,6,8H2,1H3,(H,16,20)(H,18,19)/t10-/m1/s1. The van der Waals surface area contributed by atoms with Gasteiger partial charge in [-0.3, -0.25) is 4.79 Å². The number of carbonyl (C=O) groups is 2. The van der Waals surface area contributed by atoms with Crippen molar-refractivity contribution in [1.82, 2.24) is 4.90 Å². The van der Waals surface area contributed by atoms with Crippen LogP contribution < -0.4 is 5.32 Å². The van der Waals surface area contributed by atoms with Gasteiger partial charge >= 0.3 is 12.0 Å². The number of aliphatic carboxylic acids is 1. The summed E-state index contributed by atoms with van der Waals surface area (Å²) in [5.74, 6) is -1.79. The summed E-state index contributed by atoms with van der Waals surface area (Å²) in [7, 11) is 0. The number of likely N-dealkylation sites (tertiary alicyclic amines) is 1. The Morgan fingerprint density at radius 2 is 2.20 bits per heavy atom. The number of halogens is 1. The molecule has 1 aromatic rings. The Labute approximate surface area is 116 Å². The molecule has 1 aromatic carbocycles. The van der Waals surface area contributed by atoms with Gasteiger partial charge in [-0.25, -0.2) is 9.18 Å². The van der Waals surface area contributed by atoms with Gasteiger partial charge in [-0.05, 0) is 37.5 Å². The van der Waals surface area contributed by atoms with Gasteiger partial charge < -0.3 is 15.3 Å². The normalized spacial score (nSPS) is 18.7. The number of hydrogen-bond donors (Lipinski definition) is 2. The smallest absolute Gasteiger partial charge is 0.321 e. The fourth-order valence-electron chi connectivity index (χ4n) is 2.24. The summed E-state index contributed by atoms with van der Waals surface area (Å²) in [6, 6.07) is 4.07. The van der Waals surface area contributed by atoms with Crippen LogP contribution >= 0.6 is 0 Å². The molecule has 0 saturated carbocycles.